The maximum atomic E-state index is 13.4. The predicted molar refractivity (Wildman–Crippen MR) is 145 cm³/mol. The van der Waals surface area contributed by atoms with Crippen molar-refractivity contribution in [2.75, 3.05) is 6.61 Å². The molecule has 0 aliphatic heterocycles. The third-order valence-corrected chi connectivity index (χ3v) is 6.41. The molecular weight excluding hydrogens is 502 g/mol. The smallest absolute Gasteiger partial charge is 0.326 e. The second-order valence-corrected chi connectivity index (χ2v) is 9.73. The molecule has 4 unspecified atom stereocenters. The van der Waals surface area contributed by atoms with Crippen LogP contribution < -0.4 is 21.7 Å². The van der Waals surface area contributed by atoms with Crippen molar-refractivity contribution in [2.24, 2.45) is 11.7 Å². The number of aliphatic hydroxyl groups excluding tert-OH is 1. The monoisotopic (exact) mass is 537 g/mol. The van der Waals surface area contributed by atoms with E-state index in [1.165, 1.54) is 0 Å². The van der Waals surface area contributed by atoms with Gasteiger partial charge in [-0.05, 0) is 23.1 Å². The minimum atomic E-state index is -1.23. The van der Waals surface area contributed by atoms with Gasteiger partial charge in [0.05, 0.1) is 6.61 Å². The lowest BCUT2D eigenvalue weighted by Gasteiger charge is -2.27. The molecule has 4 atom stereocenters. The number of amides is 3. The Labute approximate surface area is 226 Å². The lowest BCUT2D eigenvalue weighted by molar-refractivity contribution is -0.142. The van der Waals surface area contributed by atoms with Gasteiger partial charge in [0.15, 0.2) is 0 Å². The second kappa shape index (κ2) is 13.5. The summed E-state index contributed by atoms with van der Waals surface area (Å²) in [6, 6.07) is 11.7. The van der Waals surface area contributed by atoms with E-state index in [0.29, 0.717) is 0 Å². The summed E-state index contributed by atoms with van der Waals surface area (Å²) in [6.07, 6.45) is 1.88. The van der Waals surface area contributed by atoms with Crippen molar-refractivity contribution in [1.29, 1.82) is 0 Å². The number of fused-ring (bicyclic) bond motifs is 1. The largest absolute Gasteiger partial charge is 0.480 e. The van der Waals surface area contributed by atoms with Crippen LogP contribution in [0.1, 0.15) is 25.0 Å². The van der Waals surface area contributed by atoms with Crippen LogP contribution in [-0.2, 0) is 32.0 Å². The molecule has 0 aliphatic rings. The standard InChI is InChI=1S/C28H35N5O6/c1-16(2)24(27(37)32-23(28(38)39)12-17-8-4-3-5-9-17)33-26(36)22(31-25(35)20(29)15-34)13-18-14-30-21-11-7-6-10-19(18)21/h3-11,14,16,20,22-24,30,34H,12-13,15,29H2,1-2H3,(H,31,35)(H,32,37)(H,33,36)(H,38,39). The van der Waals surface area contributed by atoms with Crippen LogP contribution in [0.2, 0.25) is 0 Å². The molecule has 0 saturated carbocycles. The van der Waals surface area contributed by atoms with E-state index in [4.69, 9.17) is 5.73 Å². The van der Waals surface area contributed by atoms with Gasteiger partial charge in [-0.3, -0.25) is 14.4 Å². The van der Waals surface area contributed by atoms with Crippen LogP contribution in [-0.4, -0.2) is 69.7 Å². The van der Waals surface area contributed by atoms with Crippen molar-refractivity contribution in [3.05, 3.63) is 71.9 Å². The SMILES string of the molecule is CC(C)C(NC(=O)C(Cc1c[nH]c2ccccc12)NC(=O)C(N)CO)C(=O)NC(Cc1ccccc1)C(=O)O. The molecule has 2 aromatic carbocycles. The number of carboxylic acids is 1. The molecule has 3 aromatic rings. The Morgan fingerprint density at radius 1 is 0.846 bits per heavy atom. The fraction of sp³-hybridized carbons (Fsp3) is 0.357. The number of hydrogen-bond acceptors (Lipinski definition) is 6. The van der Waals surface area contributed by atoms with Gasteiger partial charge in [0.1, 0.15) is 24.2 Å². The Bertz CT molecular complexity index is 1290. The Morgan fingerprint density at radius 2 is 1.49 bits per heavy atom. The summed E-state index contributed by atoms with van der Waals surface area (Å²) in [7, 11) is 0. The van der Waals surface area contributed by atoms with Crippen LogP contribution in [0.4, 0.5) is 0 Å². The van der Waals surface area contributed by atoms with Gasteiger partial charge < -0.3 is 36.9 Å². The van der Waals surface area contributed by atoms with Gasteiger partial charge >= 0.3 is 5.97 Å². The van der Waals surface area contributed by atoms with E-state index in [2.05, 4.69) is 20.9 Å². The highest BCUT2D eigenvalue weighted by Crippen LogP contribution is 2.19. The number of hydrogen-bond donors (Lipinski definition) is 7. The maximum Gasteiger partial charge on any atom is 0.326 e. The number of para-hydroxylation sites is 1. The average Bonchev–Trinajstić information content (AvgIpc) is 3.33. The fourth-order valence-corrected chi connectivity index (χ4v) is 4.19. The first-order valence-electron chi connectivity index (χ1n) is 12.7. The number of H-pyrrole nitrogens is 1. The number of benzene rings is 2. The van der Waals surface area contributed by atoms with Crippen molar-refractivity contribution >= 4 is 34.6 Å². The molecule has 208 valence electrons. The van der Waals surface area contributed by atoms with Gasteiger partial charge in [-0.2, -0.15) is 0 Å². The highest BCUT2D eigenvalue weighted by Gasteiger charge is 2.32. The normalized spacial score (nSPS) is 14.3. The van der Waals surface area contributed by atoms with Gasteiger partial charge in [-0.1, -0.05) is 62.4 Å². The number of carboxylic acid groups (broad SMARTS) is 1. The number of rotatable bonds is 13. The number of aliphatic hydroxyl groups is 1. The Hall–Kier alpha value is -4.22. The molecule has 0 bridgehead atoms. The Kier molecular flexibility index (Phi) is 10.2. The Balaban J connectivity index is 1.79. The molecule has 1 heterocycles. The molecule has 1 aromatic heterocycles. The van der Waals surface area contributed by atoms with Crippen molar-refractivity contribution in [2.45, 2.75) is 50.9 Å². The average molecular weight is 538 g/mol. The number of nitrogens with one attached hydrogen (secondary N) is 4. The number of aromatic amines is 1. The third kappa shape index (κ3) is 7.88. The van der Waals surface area contributed by atoms with Crippen LogP contribution >= 0.6 is 0 Å². The van der Waals surface area contributed by atoms with E-state index < -0.39 is 60.4 Å². The first-order valence-corrected chi connectivity index (χ1v) is 12.7. The highest BCUT2D eigenvalue weighted by molar-refractivity contribution is 5.95. The van der Waals surface area contributed by atoms with E-state index in [9.17, 15) is 29.4 Å². The summed E-state index contributed by atoms with van der Waals surface area (Å²) >= 11 is 0. The van der Waals surface area contributed by atoms with E-state index in [-0.39, 0.29) is 12.8 Å². The van der Waals surface area contributed by atoms with Crippen molar-refractivity contribution in [3.63, 3.8) is 0 Å². The summed E-state index contributed by atoms with van der Waals surface area (Å²) < 4.78 is 0. The van der Waals surface area contributed by atoms with E-state index >= 15 is 0 Å². The summed E-state index contributed by atoms with van der Waals surface area (Å²) in [5.74, 6) is -3.64. The lowest BCUT2D eigenvalue weighted by atomic mass is 9.99. The van der Waals surface area contributed by atoms with Crippen molar-refractivity contribution < 1.29 is 29.4 Å². The highest BCUT2D eigenvalue weighted by atomic mass is 16.4. The maximum absolute atomic E-state index is 13.4. The van der Waals surface area contributed by atoms with Crippen molar-refractivity contribution in [1.82, 2.24) is 20.9 Å². The van der Waals surface area contributed by atoms with Crippen LogP contribution in [0.15, 0.2) is 60.8 Å². The van der Waals surface area contributed by atoms with E-state index in [1.54, 1.807) is 50.4 Å². The van der Waals surface area contributed by atoms with Gasteiger partial charge in [0.2, 0.25) is 17.7 Å². The number of nitrogens with two attached hydrogens (primary N) is 1. The Morgan fingerprint density at radius 3 is 2.13 bits per heavy atom. The summed E-state index contributed by atoms with van der Waals surface area (Å²) in [4.78, 5) is 54.1. The predicted octanol–water partition coefficient (Wildman–Crippen LogP) is 0.468. The zero-order chi connectivity index (χ0) is 28.5. The molecule has 3 amide bonds. The lowest BCUT2D eigenvalue weighted by Crippen LogP contribution is -2.59. The molecule has 0 radical (unpaired) electrons. The number of aliphatic carboxylic acids is 1. The quantitative estimate of drug-likeness (QED) is 0.165. The molecule has 8 N–H and O–H groups in total. The fourth-order valence-electron chi connectivity index (χ4n) is 4.19. The van der Waals surface area contributed by atoms with E-state index in [1.807, 2.05) is 24.3 Å². The van der Waals surface area contributed by atoms with Crippen LogP contribution in [0.3, 0.4) is 0 Å². The molecule has 3 rings (SSSR count). The summed E-state index contributed by atoms with van der Waals surface area (Å²) in [6.45, 7) is 2.82. The van der Waals surface area contributed by atoms with Crippen LogP contribution in [0, 0.1) is 5.92 Å². The topological polar surface area (TPSA) is 187 Å². The summed E-state index contributed by atoms with van der Waals surface area (Å²) in [5, 5.41) is 27.6. The van der Waals surface area contributed by atoms with Gasteiger partial charge in [0, 0.05) is 29.9 Å². The molecular formula is C28H35N5O6. The molecule has 0 fully saturated rings. The zero-order valence-corrected chi connectivity index (χ0v) is 21.9. The first kappa shape index (κ1) is 29.3. The number of aromatic nitrogens is 1. The molecule has 39 heavy (non-hydrogen) atoms. The molecule has 0 spiro atoms. The molecule has 0 saturated heterocycles. The van der Waals surface area contributed by atoms with Crippen LogP contribution in [0.25, 0.3) is 10.9 Å². The van der Waals surface area contributed by atoms with Crippen LogP contribution in [0.5, 0.6) is 0 Å². The van der Waals surface area contributed by atoms with Gasteiger partial charge in [0.25, 0.3) is 0 Å². The number of carbonyl (C=O) groups is 4. The molecule has 11 nitrogen and oxygen atoms in total. The third-order valence-electron chi connectivity index (χ3n) is 6.41. The minimum absolute atomic E-state index is 0.0684. The summed E-state index contributed by atoms with van der Waals surface area (Å²) in [5.41, 5.74) is 7.99. The zero-order valence-electron chi connectivity index (χ0n) is 21.9. The minimum Gasteiger partial charge on any atom is -0.480 e. The van der Waals surface area contributed by atoms with E-state index in [0.717, 1.165) is 22.0 Å². The molecule has 11 heteroatoms. The van der Waals surface area contributed by atoms with Crippen molar-refractivity contribution in [3.8, 4) is 0 Å². The number of carbonyl (C=O) groups excluding carboxylic acids is 3. The molecule has 0 aliphatic carbocycles. The second-order valence-electron chi connectivity index (χ2n) is 9.73. The van der Waals surface area contributed by atoms with Gasteiger partial charge in [-0.25, -0.2) is 4.79 Å². The first-order chi connectivity index (χ1) is 18.6. The van der Waals surface area contributed by atoms with Gasteiger partial charge in [-0.15, -0.1) is 0 Å².